The van der Waals surface area contributed by atoms with Gasteiger partial charge in [0.25, 0.3) is 5.91 Å². The number of H-pyrrole nitrogens is 1. The lowest BCUT2D eigenvalue weighted by molar-refractivity contribution is -0.136. The van der Waals surface area contributed by atoms with E-state index in [0.29, 0.717) is 54.7 Å². The van der Waals surface area contributed by atoms with Crippen molar-refractivity contribution >= 4 is 50.7 Å². The van der Waals surface area contributed by atoms with Crippen molar-refractivity contribution in [2.45, 2.75) is 57.0 Å². The highest BCUT2D eigenvalue weighted by Gasteiger charge is 2.52. The molecule has 2 aromatic carbocycles. The number of imide groups is 1. The Morgan fingerprint density at radius 1 is 1.05 bits per heavy atom. The number of carbonyl (C=O) groups is 3. The fourth-order valence-electron chi connectivity index (χ4n) is 8.53. The van der Waals surface area contributed by atoms with Crippen LogP contribution >= 0.6 is 0 Å². The van der Waals surface area contributed by atoms with Gasteiger partial charge in [-0.05, 0) is 92.6 Å². The highest BCUT2D eigenvalue weighted by molar-refractivity contribution is 7.89. The van der Waals surface area contributed by atoms with Crippen molar-refractivity contribution in [3.05, 3.63) is 77.7 Å². The second-order valence-electron chi connectivity index (χ2n) is 15.0. The topological polar surface area (TPSA) is 196 Å². The van der Waals surface area contributed by atoms with Gasteiger partial charge in [-0.2, -0.15) is 10.1 Å². The van der Waals surface area contributed by atoms with Gasteiger partial charge in [0.1, 0.15) is 6.04 Å². The lowest BCUT2D eigenvalue weighted by atomic mass is 9.57. The second-order valence-corrected chi connectivity index (χ2v) is 16.8. The summed E-state index contributed by atoms with van der Waals surface area (Å²) in [5.74, 6) is 0.279. The third-order valence-electron chi connectivity index (χ3n) is 11.2. The molecule has 3 amide bonds. The van der Waals surface area contributed by atoms with Crippen molar-refractivity contribution in [2.24, 2.45) is 11.3 Å². The maximum atomic E-state index is 13.3. The van der Waals surface area contributed by atoms with Gasteiger partial charge in [-0.3, -0.25) is 24.8 Å². The number of aromatic nitrogens is 5. The van der Waals surface area contributed by atoms with Gasteiger partial charge >= 0.3 is 0 Å². The molecule has 1 unspecified atom stereocenters. The average Bonchev–Trinajstić information content (AvgIpc) is 3.88. The van der Waals surface area contributed by atoms with Crippen molar-refractivity contribution in [3.8, 4) is 16.9 Å². The number of aryl methyl sites for hydroxylation is 1. The normalized spacial score (nSPS) is 19.4. The lowest BCUT2D eigenvalue weighted by Gasteiger charge is -2.60. The SMILES string of the molecule is CCOc1c(-c2cn[nH]c2)ccn2nc(Nc3ccc(S(=O)(=O)NCC4CC5(C4)CN(c4ccc6c(c4)CN(C4CCC(=O)NC4=O)C6=O)C5)cc3C)nc12. The number of pyridine rings is 1. The van der Waals surface area contributed by atoms with E-state index in [2.05, 4.69) is 40.5 Å². The maximum Gasteiger partial charge on any atom is 0.255 e. The van der Waals surface area contributed by atoms with Crippen LogP contribution in [0.4, 0.5) is 17.3 Å². The summed E-state index contributed by atoms with van der Waals surface area (Å²) in [5, 5.41) is 17.0. The van der Waals surface area contributed by atoms with Gasteiger partial charge in [-0.15, -0.1) is 5.10 Å². The van der Waals surface area contributed by atoms with Crippen LogP contribution in [0.3, 0.4) is 0 Å². The summed E-state index contributed by atoms with van der Waals surface area (Å²) in [6.07, 6.45) is 7.73. The molecule has 1 saturated carbocycles. The highest BCUT2D eigenvalue weighted by atomic mass is 32.2. The minimum absolute atomic E-state index is 0.157. The summed E-state index contributed by atoms with van der Waals surface area (Å²) in [6.45, 7) is 6.64. The number of benzene rings is 2. The number of aromatic amines is 1. The molecule has 1 aliphatic carbocycles. The fourth-order valence-corrected chi connectivity index (χ4v) is 9.74. The molecule has 17 heteroatoms. The first-order chi connectivity index (χ1) is 26.5. The fraction of sp³-hybridized carbons (Fsp3) is 0.368. The predicted molar refractivity (Wildman–Crippen MR) is 201 cm³/mol. The van der Waals surface area contributed by atoms with Crippen molar-refractivity contribution < 1.29 is 27.5 Å². The summed E-state index contributed by atoms with van der Waals surface area (Å²) >= 11 is 0. The monoisotopic (exact) mass is 764 g/mol. The molecule has 5 aromatic rings. The number of hydrogen-bond acceptors (Lipinski definition) is 11. The molecule has 4 aliphatic rings. The molecule has 3 aliphatic heterocycles. The van der Waals surface area contributed by atoms with Crippen LogP contribution in [0.1, 0.15) is 54.1 Å². The van der Waals surface area contributed by atoms with Gasteiger partial charge in [0.2, 0.25) is 27.8 Å². The Morgan fingerprint density at radius 2 is 1.89 bits per heavy atom. The number of anilines is 3. The predicted octanol–water partition coefficient (Wildman–Crippen LogP) is 3.53. The van der Waals surface area contributed by atoms with E-state index >= 15 is 0 Å². The summed E-state index contributed by atoms with van der Waals surface area (Å²) in [4.78, 5) is 45.8. The Bertz CT molecular complexity index is 2470. The first kappa shape index (κ1) is 34.9. The Balaban J connectivity index is 0.784. The van der Waals surface area contributed by atoms with E-state index in [1.165, 1.54) is 0 Å². The first-order valence-corrected chi connectivity index (χ1v) is 19.9. The van der Waals surface area contributed by atoms with Gasteiger partial charge in [-0.25, -0.2) is 17.7 Å². The molecule has 55 heavy (non-hydrogen) atoms. The van der Waals surface area contributed by atoms with Crippen LogP contribution < -0.4 is 25.0 Å². The first-order valence-electron chi connectivity index (χ1n) is 18.4. The zero-order valence-corrected chi connectivity index (χ0v) is 31.1. The van der Waals surface area contributed by atoms with Crippen LogP contribution in [-0.4, -0.2) is 88.1 Å². The molecular formula is C38H40N10O6S. The lowest BCUT2D eigenvalue weighted by Crippen LogP contribution is -2.63. The zero-order chi connectivity index (χ0) is 38.1. The van der Waals surface area contributed by atoms with Crippen LogP contribution in [0.25, 0.3) is 16.8 Å². The van der Waals surface area contributed by atoms with E-state index in [1.807, 2.05) is 38.1 Å². The summed E-state index contributed by atoms with van der Waals surface area (Å²) in [6, 6.07) is 12.0. The van der Waals surface area contributed by atoms with Crippen LogP contribution in [0.2, 0.25) is 0 Å². The van der Waals surface area contributed by atoms with Crippen molar-refractivity contribution in [3.63, 3.8) is 0 Å². The second kappa shape index (κ2) is 13.2. The molecule has 1 spiro atoms. The Morgan fingerprint density at radius 3 is 2.64 bits per heavy atom. The van der Waals surface area contributed by atoms with Gasteiger partial charge in [0.15, 0.2) is 11.4 Å². The number of nitrogens with one attached hydrogen (secondary N) is 4. The average molecular weight is 765 g/mol. The number of rotatable bonds is 11. The third-order valence-corrected chi connectivity index (χ3v) is 12.7. The van der Waals surface area contributed by atoms with Gasteiger partial charge in [-0.1, -0.05) is 0 Å². The number of hydrogen-bond donors (Lipinski definition) is 4. The largest absolute Gasteiger partial charge is 0.489 e. The van der Waals surface area contributed by atoms with E-state index in [0.717, 1.165) is 53.9 Å². The number of nitrogens with zero attached hydrogens (tertiary/aromatic N) is 6. The molecule has 6 heterocycles. The number of amides is 3. The van der Waals surface area contributed by atoms with Gasteiger partial charge in [0.05, 0.1) is 17.7 Å². The quantitative estimate of drug-likeness (QED) is 0.144. The standard InChI is InChI=1S/C38H40N10O6S/c1-3-54-33-28(25-17-39-40-18-25)10-11-48-34(33)44-37(45-48)42-30-7-5-27(12-22(30)2)55(52,53)41-16-23-14-38(15-23)20-46(21-38)26-4-6-29-24(13-26)19-47(36(29)51)31-8-9-32(49)43-35(31)50/h4-7,10-13,17-18,23,31,41H,3,8-9,14-16,19-21H2,1-2H3,(H,39,40)(H,42,45)(H,43,49,50). The smallest absolute Gasteiger partial charge is 0.255 e. The number of sulfonamides is 1. The van der Waals surface area contributed by atoms with Crippen LogP contribution in [0.5, 0.6) is 5.75 Å². The Kier molecular flexibility index (Phi) is 8.38. The van der Waals surface area contributed by atoms with E-state index in [9.17, 15) is 22.8 Å². The highest BCUT2D eigenvalue weighted by Crippen LogP contribution is 2.53. The molecule has 16 nitrogen and oxygen atoms in total. The molecule has 284 valence electrons. The number of carbonyl (C=O) groups excluding carboxylic acids is 3. The van der Waals surface area contributed by atoms with E-state index in [4.69, 9.17) is 4.74 Å². The van der Waals surface area contributed by atoms with Crippen LogP contribution in [0.15, 0.2) is 66.0 Å². The molecule has 2 saturated heterocycles. The van der Waals surface area contributed by atoms with Crippen LogP contribution in [-0.2, 0) is 26.2 Å². The molecule has 0 bridgehead atoms. The number of ether oxygens (including phenoxy) is 1. The molecule has 4 N–H and O–H groups in total. The summed E-state index contributed by atoms with van der Waals surface area (Å²) < 4.78 is 37.1. The minimum Gasteiger partial charge on any atom is -0.489 e. The third kappa shape index (κ3) is 6.26. The van der Waals surface area contributed by atoms with E-state index < -0.39 is 22.0 Å². The summed E-state index contributed by atoms with van der Waals surface area (Å²) in [7, 11) is -3.73. The van der Waals surface area contributed by atoms with Gasteiger partial charge < -0.3 is 19.9 Å². The molecule has 3 fully saturated rings. The Hall–Kier alpha value is -5.81. The summed E-state index contributed by atoms with van der Waals surface area (Å²) in [5.41, 5.74) is 6.32. The number of fused-ring (bicyclic) bond motifs is 2. The molecule has 9 rings (SSSR count). The molecular weight excluding hydrogens is 725 g/mol. The van der Waals surface area contributed by atoms with Crippen molar-refractivity contribution in [1.29, 1.82) is 0 Å². The zero-order valence-electron chi connectivity index (χ0n) is 30.3. The van der Waals surface area contributed by atoms with Crippen LogP contribution in [0, 0.1) is 18.3 Å². The van der Waals surface area contributed by atoms with Gasteiger partial charge in [0, 0.05) is 78.5 Å². The number of piperidine rings is 1. The maximum absolute atomic E-state index is 13.3. The van der Waals surface area contributed by atoms with Crippen molar-refractivity contribution in [2.75, 3.05) is 36.5 Å². The molecule has 1 atom stereocenters. The van der Waals surface area contributed by atoms with E-state index in [-0.39, 0.29) is 34.5 Å². The minimum atomic E-state index is -3.73. The Labute approximate surface area is 316 Å². The molecule has 3 aromatic heterocycles. The van der Waals surface area contributed by atoms with E-state index in [1.54, 1.807) is 46.2 Å². The molecule has 0 radical (unpaired) electrons. The van der Waals surface area contributed by atoms with Crippen molar-refractivity contribution in [1.82, 2.24) is 39.7 Å².